The summed E-state index contributed by atoms with van der Waals surface area (Å²) in [6.07, 6.45) is 1.67. The molecule has 0 amide bonds. The van der Waals surface area contributed by atoms with Crippen LogP contribution in [0.25, 0.3) is 0 Å². The molecule has 0 radical (unpaired) electrons. The van der Waals surface area contributed by atoms with Crippen molar-refractivity contribution < 1.29 is 9.94 Å². The molecule has 3 rings (SSSR count). The molecule has 1 heterocycles. The van der Waals surface area contributed by atoms with Crippen molar-refractivity contribution in [3.8, 4) is 5.75 Å². The van der Waals surface area contributed by atoms with Gasteiger partial charge in [-0.25, -0.2) is 0 Å². The van der Waals surface area contributed by atoms with Crippen molar-refractivity contribution in [1.29, 1.82) is 0 Å². The number of oxime groups is 1. The first kappa shape index (κ1) is 11.3. The molecular weight excluding hydrogens is 246 g/mol. The first-order valence-electron chi connectivity index (χ1n) is 5.85. The molecule has 1 N–H and O–H groups in total. The van der Waals surface area contributed by atoms with E-state index in [0.29, 0.717) is 6.61 Å². The molecule has 0 aliphatic heterocycles. The van der Waals surface area contributed by atoms with Gasteiger partial charge in [-0.2, -0.15) is 11.3 Å². The molecule has 0 atom stereocenters. The normalized spacial score (nSPS) is 15.9. The molecule has 3 nitrogen and oxygen atoms in total. The van der Waals surface area contributed by atoms with Crippen LogP contribution in [0.2, 0.25) is 0 Å². The predicted octanol–water partition coefficient (Wildman–Crippen LogP) is 3.45. The Balaban J connectivity index is 1.84. The third-order valence-electron chi connectivity index (χ3n) is 3.15. The lowest BCUT2D eigenvalue weighted by atomic mass is 10.1. The fourth-order valence-corrected chi connectivity index (χ4v) is 2.90. The summed E-state index contributed by atoms with van der Waals surface area (Å²) in [5.41, 5.74) is 4.11. The number of nitrogens with zero attached hydrogens (tertiary/aromatic N) is 1. The molecule has 2 aromatic rings. The molecule has 1 aromatic carbocycles. The van der Waals surface area contributed by atoms with Crippen molar-refractivity contribution in [2.45, 2.75) is 19.4 Å². The molecule has 0 saturated carbocycles. The molecule has 1 aliphatic rings. The van der Waals surface area contributed by atoms with Crippen LogP contribution in [-0.4, -0.2) is 10.9 Å². The topological polar surface area (TPSA) is 41.8 Å². The Morgan fingerprint density at radius 1 is 1.28 bits per heavy atom. The molecule has 0 spiro atoms. The minimum absolute atomic E-state index is 0.589. The van der Waals surface area contributed by atoms with Crippen molar-refractivity contribution in [2.75, 3.05) is 0 Å². The lowest BCUT2D eigenvalue weighted by Gasteiger charge is -2.09. The highest BCUT2D eigenvalue weighted by Crippen LogP contribution is 2.31. The van der Waals surface area contributed by atoms with E-state index in [1.54, 1.807) is 11.3 Å². The SMILES string of the molecule is ON=C1CCc2c(OCc3ccsc3)cccc21. The molecule has 1 aliphatic carbocycles. The van der Waals surface area contributed by atoms with Crippen LogP contribution in [0.5, 0.6) is 5.75 Å². The average molecular weight is 259 g/mol. The van der Waals surface area contributed by atoms with Crippen molar-refractivity contribution in [3.05, 3.63) is 51.7 Å². The van der Waals surface area contributed by atoms with Crippen LogP contribution in [0.4, 0.5) is 0 Å². The van der Waals surface area contributed by atoms with Gasteiger partial charge in [0, 0.05) is 11.1 Å². The number of rotatable bonds is 3. The summed E-state index contributed by atoms with van der Waals surface area (Å²) in [7, 11) is 0. The van der Waals surface area contributed by atoms with E-state index in [-0.39, 0.29) is 0 Å². The standard InChI is InChI=1S/C14H13NO2S/c16-15-13-5-4-12-11(13)2-1-3-14(12)17-8-10-6-7-18-9-10/h1-3,6-7,9,16H,4-5,8H2. The van der Waals surface area contributed by atoms with E-state index < -0.39 is 0 Å². The molecule has 4 heteroatoms. The van der Waals surface area contributed by atoms with E-state index in [1.807, 2.05) is 23.6 Å². The predicted molar refractivity (Wildman–Crippen MR) is 71.7 cm³/mol. The van der Waals surface area contributed by atoms with Crippen LogP contribution < -0.4 is 4.74 Å². The van der Waals surface area contributed by atoms with E-state index in [2.05, 4.69) is 16.6 Å². The van der Waals surface area contributed by atoms with Crippen LogP contribution in [-0.2, 0) is 13.0 Å². The summed E-state index contributed by atoms with van der Waals surface area (Å²) in [5, 5.41) is 16.4. The van der Waals surface area contributed by atoms with Gasteiger partial charge in [0.2, 0.25) is 0 Å². The maximum absolute atomic E-state index is 8.93. The summed E-state index contributed by atoms with van der Waals surface area (Å²) in [6, 6.07) is 7.97. The first-order valence-corrected chi connectivity index (χ1v) is 6.80. The Bertz CT molecular complexity index is 575. The van der Waals surface area contributed by atoms with Crippen molar-refractivity contribution in [2.24, 2.45) is 5.16 Å². The fourth-order valence-electron chi connectivity index (χ4n) is 2.25. The van der Waals surface area contributed by atoms with Crippen LogP contribution in [0.3, 0.4) is 0 Å². The quantitative estimate of drug-likeness (QED) is 0.677. The number of benzene rings is 1. The molecule has 0 fully saturated rings. The third kappa shape index (κ3) is 1.99. The number of fused-ring (bicyclic) bond motifs is 1. The van der Waals surface area contributed by atoms with E-state index in [0.717, 1.165) is 35.4 Å². The van der Waals surface area contributed by atoms with Gasteiger partial charge in [-0.3, -0.25) is 0 Å². The Kier molecular flexibility index (Phi) is 3.02. The van der Waals surface area contributed by atoms with E-state index in [1.165, 1.54) is 5.56 Å². The van der Waals surface area contributed by atoms with Gasteiger partial charge in [0.1, 0.15) is 12.4 Å². The fraction of sp³-hybridized carbons (Fsp3) is 0.214. The van der Waals surface area contributed by atoms with Gasteiger partial charge < -0.3 is 9.94 Å². The molecular formula is C14H13NO2S. The van der Waals surface area contributed by atoms with Crippen molar-refractivity contribution >= 4 is 17.0 Å². The van der Waals surface area contributed by atoms with Crippen LogP contribution in [0, 0.1) is 0 Å². The number of ether oxygens (including phenoxy) is 1. The summed E-state index contributed by atoms with van der Waals surface area (Å²) in [6.45, 7) is 0.589. The van der Waals surface area contributed by atoms with Crippen molar-refractivity contribution in [1.82, 2.24) is 0 Å². The van der Waals surface area contributed by atoms with Crippen molar-refractivity contribution in [3.63, 3.8) is 0 Å². The summed E-state index contributed by atoms with van der Waals surface area (Å²) >= 11 is 1.67. The van der Waals surface area contributed by atoms with Gasteiger partial charge in [0.05, 0.1) is 5.71 Å². The number of thiophene rings is 1. The number of hydrogen-bond acceptors (Lipinski definition) is 4. The Hall–Kier alpha value is -1.81. The lowest BCUT2D eigenvalue weighted by molar-refractivity contribution is 0.304. The summed E-state index contributed by atoms with van der Waals surface area (Å²) < 4.78 is 5.86. The van der Waals surface area contributed by atoms with Gasteiger partial charge in [0.25, 0.3) is 0 Å². The Morgan fingerprint density at radius 2 is 2.22 bits per heavy atom. The smallest absolute Gasteiger partial charge is 0.123 e. The van der Waals surface area contributed by atoms with E-state index >= 15 is 0 Å². The Morgan fingerprint density at radius 3 is 3.00 bits per heavy atom. The molecule has 92 valence electrons. The molecule has 0 saturated heterocycles. The average Bonchev–Trinajstić information content (AvgIpc) is 3.05. The van der Waals surface area contributed by atoms with Crippen LogP contribution in [0.1, 0.15) is 23.1 Å². The minimum atomic E-state index is 0.589. The van der Waals surface area contributed by atoms with Gasteiger partial charge in [-0.1, -0.05) is 17.3 Å². The van der Waals surface area contributed by atoms with E-state index in [9.17, 15) is 0 Å². The largest absolute Gasteiger partial charge is 0.489 e. The van der Waals surface area contributed by atoms with Crippen LogP contribution >= 0.6 is 11.3 Å². The third-order valence-corrected chi connectivity index (χ3v) is 3.88. The zero-order valence-corrected chi connectivity index (χ0v) is 10.6. The zero-order valence-electron chi connectivity index (χ0n) is 9.80. The first-order chi connectivity index (χ1) is 8.88. The highest BCUT2D eigenvalue weighted by molar-refractivity contribution is 7.07. The lowest BCUT2D eigenvalue weighted by Crippen LogP contribution is -1.98. The Labute approximate surface area is 109 Å². The monoisotopic (exact) mass is 259 g/mol. The van der Waals surface area contributed by atoms with E-state index in [4.69, 9.17) is 9.94 Å². The van der Waals surface area contributed by atoms with Gasteiger partial charge >= 0.3 is 0 Å². The van der Waals surface area contributed by atoms with Crippen LogP contribution in [0.15, 0.2) is 40.2 Å². The maximum Gasteiger partial charge on any atom is 0.123 e. The molecule has 0 unspecified atom stereocenters. The summed E-state index contributed by atoms with van der Waals surface area (Å²) in [4.78, 5) is 0. The second-order valence-electron chi connectivity index (χ2n) is 4.25. The van der Waals surface area contributed by atoms with Gasteiger partial charge in [-0.05, 0) is 41.3 Å². The number of hydrogen-bond donors (Lipinski definition) is 1. The minimum Gasteiger partial charge on any atom is -0.489 e. The molecule has 0 bridgehead atoms. The zero-order chi connectivity index (χ0) is 12.4. The highest BCUT2D eigenvalue weighted by atomic mass is 32.1. The molecule has 18 heavy (non-hydrogen) atoms. The summed E-state index contributed by atoms with van der Waals surface area (Å²) in [5.74, 6) is 0.900. The molecule has 1 aromatic heterocycles. The van der Waals surface area contributed by atoms with Gasteiger partial charge in [-0.15, -0.1) is 0 Å². The highest BCUT2D eigenvalue weighted by Gasteiger charge is 2.21. The maximum atomic E-state index is 8.93. The second kappa shape index (κ2) is 4.82. The second-order valence-corrected chi connectivity index (χ2v) is 5.03. The van der Waals surface area contributed by atoms with Gasteiger partial charge in [0.15, 0.2) is 0 Å².